The van der Waals surface area contributed by atoms with Crippen molar-refractivity contribution in [2.75, 3.05) is 11.9 Å². The summed E-state index contributed by atoms with van der Waals surface area (Å²) in [5.41, 5.74) is 3.20. The van der Waals surface area contributed by atoms with Crippen LogP contribution in [0.1, 0.15) is 18.2 Å². The third-order valence-electron chi connectivity index (χ3n) is 3.58. The van der Waals surface area contributed by atoms with Crippen molar-refractivity contribution in [1.29, 1.82) is 5.26 Å². The van der Waals surface area contributed by atoms with Gasteiger partial charge in [0.1, 0.15) is 11.6 Å². The van der Waals surface area contributed by atoms with Gasteiger partial charge < -0.3 is 10.6 Å². The van der Waals surface area contributed by atoms with E-state index in [0.717, 1.165) is 22.7 Å². The average molecular weight is 362 g/mol. The summed E-state index contributed by atoms with van der Waals surface area (Å²) in [4.78, 5) is 12.8. The molecule has 3 rings (SSSR count). The van der Waals surface area contributed by atoms with Gasteiger partial charge in [-0.2, -0.15) is 5.26 Å². The van der Waals surface area contributed by atoms with Crippen molar-refractivity contribution >= 4 is 23.3 Å². The van der Waals surface area contributed by atoms with E-state index in [0.29, 0.717) is 23.8 Å². The summed E-state index contributed by atoms with van der Waals surface area (Å²) in [5.74, 6) is 0.504. The van der Waals surface area contributed by atoms with Crippen LogP contribution in [0.4, 0.5) is 5.95 Å². The molecule has 0 saturated heterocycles. The molecule has 0 aromatic carbocycles. The van der Waals surface area contributed by atoms with Gasteiger partial charge in [-0.1, -0.05) is 23.9 Å². The minimum atomic E-state index is 0.503. The van der Waals surface area contributed by atoms with Crippen LogP contribution in [0.25, 0.3) is 5.57 Å². The number of nitriles is 1. The number of nitrogens with one attached hydrogen (secondary N) is 2. The molecular formula is C19H18N6S. The predicted octanol–water partition coefficient (Wildman–Crippen LogP) is 3.47. The van der Waals surface area contributed by atoms with E-state index in [2.05, 4.69) is 31.7 Å². The number of thioether (sulfide) groups is 1. The summed E-state index contributed by atoms with van der Waals surface area (Å²) in [5, 5.41) is 18.8. The lowest BCUT2D eigenvalue weighted by Crippen LogP contribution is -2.10. The molecule has 0 bridgehead atoms. The second-order valence-electron chi connectivity index (χ2n) is 5.44. The Morgan fingerprint density at radius 1 is 1.38 bits per heavy atom. The maximum atomic E-state index is 9.58. The van der Waals surface area contributed by atoms with E-state index in [1.807, 2.05) is 42.8 Å². The molecule has 6 nitrogen and oxygen atoms in total. The number of hydrogen-bond donors (Lipinski definition) is 2. The average Bonchev–Trinajstić information content (AvgIpc) is 3.12. The van der Waals surface area contributed by atoms with Crippen LogP contribution in [0.5, 0.6) is 0 Å². The van der Waals surface area contributed by atoms with Crippen molar-refractivity contribution in [1.82, 2.24) is 20.3 Å². The molecule has 1 aliphatic heterocycles. The first-order valence-electron chi connectivity index (χ1n) is 8.17. The fourth-order valence-corrected chi connectivity index (χ4v) is 3.19. The zero-order valence-corrected chi connectivity index (χ0v) is 15.1. The Bertz CT molecular complexity index is 896. The van der Waals surface area contributed by atoms with E-state index in [-0.39, 0.29) is 0 Å². The fourth-order valence-electron chi connectivity index (χ4n) is 2.37. The molecule has 2 aromatic rings. The SMILES string of the molecule is C/C=C/C1=CS/C(=C(/C#N)c2ccnc(NCCc3cccnc3)n2)N1. The van der Waals surface area contributed by atoms with Crippen molar-refractivity contribution in [3.05, 3.63) is 76.3 Å². The third-order valence-corrected chi connectivity index (χ3v) is 4.49. The highest BCUT2D eigenvalue weighted by Crippen LogP contribution is 2.31. The van der Waals surface area contributed by atoms with Crippen molar-refractivity contribution in [3.8, 4) is 6.07 Å². The van der Waals surface area contributed by atoms with Crippen LogP contribution in [0, 0.1) is 11.3 Å². The van der Waals surface area contributed by atoms with E-state index in [4.69, 9.17) is 0 Å². The molecule has 2 aromatic heterocycles. The van der Waals surface area contributed by atoms with Crippen LogP contribution in [0.3, 0.4) is 0 Å². The van der Waals surface area contributed by atoms with Crippen LogP contribution in [0.15, 0.2) is 65.1 Å². The highest BCUT2D eigenvalue weighted by Gasteiger charge is 2.16. The lowest BCUT2D eigenvalue weighted by Gasteiger charge is -2.08. The van der Waals surface area contributed by atoms with E-state index in [1.54, 1.807) is 18.5 Å². The van der Waals surface area contributed by atoms with E-state index >= 15 is 0 Å². The number of rotatable bonds is 6. The number of pyridine rings is 1. The second kappa shape index (κ2) is 8.83. The molecule has 0 saturated carbocycles. The summed E-state index contributed by atoms with van der Waals surface area (Å²) in [6, 6.07) is 7.94. The smallest absolute Gasteiger partial charge is 0.223 e. The van der Waals surface area contributed by atoms with Gasteiger partial charge in [-0.3, -0.25) is 4.98 Å². The number of allylic oxidation sites excluding steroid dienone is 3. The Labute approximate surface area is 156 Å². The normalized spacial score (nSPS) is 15.3. The van der Waals surface area contributed by atoms with Crippen molar-refractivity contribution in [2.24, 2.45) is 0 Å². The first kappa shape index (κ1) is 17.7. The highest BCUT2D eigenvalue weighted by molar-refractivity contribution is 8.06. The summed E-state index contributed by atoms with van der Waals surface area (Å²) in [6.07, 6.45) is 9.99. The largest absolute Gasteiger partial charge is 0.354 e. The minimum Gasteiger partial charge on any atom is -0.354 e. The quantitative estimate of drug-likeness (QED) is 0.761. The molecule has 0 aliphatic carbocycles. The molecule has 7 heteroatoms. The highest BCUT2D eigenvalue weighted by atomic mass is 32.2. The summed E-state index contributed by atoms with van der Waals surface area (Å²) in [6.45, 7) is 2.64. The van der Waals surface area contributed by atoms with Crippen LogP contribution in [-0.4, -0.2) is 21.5 Å². The van der Waals surface area contributed by atoms with E-state index in [9.17, 15) is 5.26 Å². The first-order chi connectivity index (χ1) is 12.8. The van der Waals surface area contributed by atoms with Gasteiger partial charge in [0.15, 0.2) is 0 Å². The van der Waals surface area contributed by atoms with Crippen molar-refractivity contribution < 1.29 is 0 Å². The van der Waals surface area contributed by atoms with Crippen LogP contribution >= 0.6 is 11.8 Å². The lowest BCUT2D eigenvalue weighted by atomic mass is 10.2. The Hall–Kier alpha value is -3.11. The molecule has 0 fully saturated rings. The van der Waals surface area contributed by atoms with Crippen molar-refractivity contribution in [2.45, 2.75) is 13.3 Å². The Balaban J connectivity index is 1.69. The molecule has 1 aliphatic rings. The van der Waals surface area contributed by atoms with Crippen LogP contribution in [-0.2, 0) is 6.42 Å². The molecule has 0 unspecified atom stereocenters. The van der Waals surface area contributed by atoms with Gasteiger partial charge in [0.05, 0.1) is 10.7 Å². The summed E-state index contributed by atoms with van der Waals surface area (Å²) >= 11 is 1.48. The van der Waals surface area contributed by atoms with Gasteiger partial charge in [-0.05, 0) is 37.1 Å². The zero-order chi connectivity index (χ0) is 18.2. The van der Waals surface area contributed by atoms with Gasteiger partial charge in [0.2, 0.25) is 5.95 Å². The fraction of sp³-hybridized carbons (Fsp3) is 0.158. The Morgan fingerprint density at radius 2 is 2.31 bits per heavy atom. The van der Waals surface area contributed by atoms with E-state index in [1.165, 1.54) is 11.8 Å². The summed E-state index contributed by atoms with van der Waals surface area (Å²) < 4.78 is 0. The van der Waals surface area contributed by atoms with Crippen LogP contribution < -0.4 is 10.6 Å². The number of aromatic nitrogens is 3. The molecule has 0 amide bonds. The minimum absolute atomic E-state index is 0.503. The van der Waals surface area contributed by atoms with Gasteiger partial charge in [0, 0.05) is 36.2 Å². The Kier molecular flexibility index (Phi) is 6.01. The van der Waals surface area contributed by atoms with Crippen molar-refractivity contribution in [3.63, 3.8) is 0 Å². The summed E-state index contributed by atoms with van der Waals surface area (Å²) in [7, 11) is 0. The number of anilines is 1. The molecule has 0 spiro atoms. The molecule has 0 atom stereocenters. The third kappa shape index (κ3) is 4.49. The lowest BCUT2D eigenvalue weighted by molar-refractivity contribution is 0.971. The topological polar surface area (TPSA) is 86.5 Å². The standard InChI is InChI=1S/C19H18N6S/c1-2-4-15-13-26-18(24-15)16(11-20)17-7-10-23-19(25-17)22-9-6-14-5-3-8-21-12-14/h2-5,7-8,10,12-13,24H,6,9H2,1H3,(H,22,23,25)/b4-2+,18-16-. The monoisotopic (exact) mass is 362 g/mol. The Morgan fingerprint density at radius 3 is 3.08 bits per heavy atom. The van der Waals surface area contributed by atoms with Gasteiger partial charge in [0.25, 0.3) is 0 Å². The van der Waals surface area contributed by atoms with E-state index < -0.39 is 0 Å². The zero-order valence-electron chi connectivity index (χ0n) is 14.3. The number of hydrogen-bond acceptors (Lipinski definition) is 7. The molecule has 2 N–H and O–H groups in total. The molecule has 0 radical (unpaired) electrons. The molecule has 26 heavy (non-hydrogen) atoms. The first-order valence-corrected chi connectivity index (χ1v) is 9.05. The maximum absolute atomic E-state index is 9.58. The van der Waals surface area contributed by atoms with Crippen LogP contribution in [0.2, 0.25) is 0 Å². The van der Waals surface area contributed by atoms with Gasteiger partial charge in [-0.15, -0.1) is 0 Å². The maximum Gasteiger partial charge on any atom is 0.223 e. The number of nitrogens with zero attached hydrogens (tertiary/aromatic N) is 4. The predicted molar refractivity (Wildman–Crippen MR) is 105 cm³/mol. The van der Waals surface area contributed by atoms with Gasteiger partial charge in [-0.25, -0.2) is 9.97 Å². The second-order valence-corrected chi connectivity index (χ2v) is 6.32. The molecule has 130 valence electrons. The molecular weight excluding hydrogens is 344 g/mol. The van der Waals surface area contributed by atoms with Gasteiger partial charge >= 0.3 is 0 Å². The molecule has 3 heterocycles.